The Kier molecular flexibility index (Phi) is 3.15. The van der Waals surface area contributed by atoms with Gasteiger partial charge >= 0.3 is 0 Å². The molecule has 0 spiro atoms. The third kappa shape index (κ3) is 2.57. The zero-order chi connectivity index (χ0) is 13.2. The highest BCUT2D eigenvalue weighted by Gasteiger charge is 2.15. The third-order valence-corrected chi connectivity index (χ3v) is 3.66. The number of anilines is 1. The van der Waals surface area contributed by atoms with E-state index in [4.69, 9.17) is 0 Å². The minimum Gasteiger partial charge on any atom is -0.295 e. The maximum absolute atomic E-state index is 12.0. The number of aromatic nitrogens is 2. The van der Waals surface area contributed by atoms with Crippen LogP contribution in [0.15, 0.2) is 41.4 Å². The number of nitrogens with zero attached hydrogens (tertiary/aromatic N) is 1. The Morgan fingerprint density at radius 3 is 2.72 bits per heavy atom. The summed E-state index contributed by atoms with van der Waals surface area (Å²) in [5, 5.41) is 6.13. The van der Waals surface area contributed by atoms with Gasteiger partial charge in [-0.1, -0.05) is 12.1 Å². The minimum absolute atomic E-state index is 0.0322. The van der Waals surface area contributed by atoms with E-state index >= 15 is 0 Å². The first-order valence-electron chi connectivity index (χ1n) is 5.12. The van der Waals surface area contributed by atoms with Gasteiger partial charge in [-0.25, -0.2) is 8.42 Å². The second-order valence-electron chi connectivity index (χ2n) is 3.66. The van der Waals surface area contributed by atoms with E-state index in [0.717, 1.165) is 0 Å². The summed E-state index contributed by atoms with van der Waals surface area (Å²) in [6.45, 7) is 1.38. The van der Waals surface area contributed by atoms with Gasteiger partial charge in [0.25, 0.3) is 10.0 Å². The van der Waals surface area contributed by atoms with Crippen molar-refractivity contribution in [3.8, 4) is 0 Å². The van der Waals surface area contributed by atoms with E-state index in [1.165, 1.54) is 37.4 Å². The number of carbonyl (C=O) groups is 1. The van der Waals surface area contributed by atoms with E-state index in [-0.39, 0.29) is 16.5 Å². The van der Waals surface area contributed by atoms with Gasteiger partial charge in [-0.2, -0.15) is 5.10 Å². The SMILES string of the molecule is CC(=O)c1cccc(S(=O)(=O)Nc2ccn[nH]2)c1. The van der Waals surface area contributed by atoms with Crippen LogP contribution < -0.4 is 4.72 Å². The molecule has 0 aliphatic heterocycles. The Bertz CT molecular complexity index is 663. The number of sulfonamides is 1. The number of carbonyl (C=O) groups excluding carboxylic acids is 1. The Balaban J connectivity index is 2.35. The largest absolute Gasteiger partial charge is 0.295 e. The van der Waals surface area contributed by atoms with Crippen molar-refractivity contribution in [2.75, 3.05) is 4.72 Å². The Labute approximate surface area is 104 Å². The van der Waals surface area contributed by atoms with Gasteiger partial charge in [0.15, 0.2) is 5.78 Å². The molecule has 0 aliphatic rings. The fraction of sp³-hybridized carbons (Fsp3) is 0.0909. The van der Waals surface area contributed by atoms with Crippen LogP contribution in [-0.2, 0) is 10.0 Å². The van der Waals surface area contributed by atoms with Gasteiger partial charge in [0.2, 0.25) is 0 Å². The first kappa shape index (κ1) is 12.3. The average molecular weight is 265 g/mol. The summed E-state index contributed by atoms with van der Waals surface area (Å²) in [7, 11) is -3.71. The molecule has 0 aliphatic carbocycles. The second kappa shape index (κ2) is 4.61. The van der Waals surface area contributed by atoms with E-state index in [0.29, 0.717) is 5.56 Å². The monoisotopic (exact) mass is 265 g/mol. The molecule has 18 heavy (non-hydrogen) atoms. The summed E-state index contributed by atoms with van der Waals surface area (Å²) < 4.78 is 26.3. The van der Waals surface area contributed by atoms with Gasteiger partial charge in [-0.15, -0.1) is 0 Å². The molecular formula is C11H11N3O3S. The van der Waals surface area contributed by atoms with Crippen LogP contribution in [0.5, 0.6) is 0 Å². The Morgan fingerprint density at radius 2 is 2.11 bits per heavy atom. The summed E-state index contributed by atoms with van der Waals surface area (Å²) >= 11 is 0. The fourth-order valence-corrected chi connectivity index (χ4v) is 2.46. The molecule has 2 aromatic rings. The topological polar surface area (TPSA) is 91.9 Å². The fourth-order valence-electron chi connectivity index (χ4n) is 1.40. The molecule has 2 rings (SSSR count). The van der Waals surface area contributed by atoms with Crippen LogP contribution in [0.4, 0.5) is 5.82 Å². The lowest BCUT2D eigenvalue weighted by Gasteiger charge is -2.06. The van der Waals surface area contributed by atoms with Crippen LogP contribution in [0.2, 0.25) is 0 Å². The van der Waals surface area contributed by atoms with Crippen LogP contribution >= 0.6 is 0 Å². The molecular weight excluding hydrogens is 254 g/mol. The van der Waals surface area contributed by atoms with Gasteiger partial charge in [0, 0.05) is 11.6 Å². The maximum Gasteiger partial charge on any atom is 0.263 e. The van der Waals surface area contributed by atoms with E-state index < -0.39 is 10.0 Å². The number of Topliss-reactive ketones (excluding diaryl/α,β-unsaturated/α-hetero) is 1. The molecule has 1 heterocycles. The molecule has 2 N–H and O–H groups in total. The van der Waals surface area contributed by atoms with Gasteiger partial charge in [0.1, 0.15) is 5.82 Å². The molecule has 94 valence electrons. The predicted octanol–water partition coefficient (Wildman–Crippen LogP) is 1.41. The van der Waals surface area contributed by atoms with Crippen LogP contribution in [-0.4, -0.2) is 24.4 Å². The van der Waals surface area contributed by atoms with Crippen LogP contribution in [0.1, 0.15) is 17.3 Å². The molecule has 0 saturated carbocycles. The van der Waals surface area contributed by atoms with Gasteiger partial charge in [-0.3, -0.25) is 14.6 Å². The van der Waals surface area contributed by atoms with Gasteiger partial charge in [0.05, 0.1) is 11.1 Å². The lowest BCUT2D eigenvalue weighted by atomic mass is 10.2. The lowest BCUT2D eigenvalue weighted by molar-refractivity contribution is 0.101. The highest BCUT2D eigenvalue weighted by atomic mass is 32.2. The quantitative estimate of drug-likeness (QED) is 0.817. The highest BCUT2D eigenvalue weighted by Crippen LogP contribution is 2.15. The molecule has 0 amide bonds. The van der Waals surface area contributed by atoms with Crippen molar-refractivity contribution >= 4 is 21.6 Å². The first-order chi connectivity index (χ1) is 8.49. The number of hydrogen-bond acceptors (Lipinski definition) is 4. The van der Waals surface area contributed by atoms with Gasteiger partial charge < -0.3 is 0 Å². The second-order valence-corrected chi connectivity index (χ2v) is 5.34. The normalized spacial score (nSPS) is 11.2. The third-order valence-electron chi connectivity index (χ3n) is 2.30. The summed E-state index contributed by atoms with van der Waals surface area (Å²) in [6.07, 6.45) is 1.43. The molecule has 0 bridgehead atoms. The van der Waals surface area contributed by atoms with Crippen LogP contribution in [0.25, 0.3) is 0 Å². The van der Waals surface area contributed by atoms with E-state index in [1.54, 1.807) is 6.07 Å². The number of ketones is 1. The number of rotatable bonds is 4. The van der Waals surface area contributed by atoms with Gasteiger partial charge in [-0.05, 0) is 19.1 Å². The van der Waals surface area contributed by atoms with Crippen molar-refractivity contribution < 1.29 is 13.2 Å². The molecule has 0 unspecified atom stereocenters. The van der Waals surface area contributed by atoms with E-state index in [2.05, 4.69) is 14.9 Å². The Hall–Kier alpha value is -2.15. The molecule has 0 radical (unpaired) electrons. The molecule has 1 aromatic carbocycles. The average Bonchev–Trinajstić information content (AvgIpc) is 2.81. The van der Waals surface area contributed by atoms with Crippen molar-refractivity contribution in [2.45, 2.75) is 11.8 Å². The van der Waals surface area contributed by atoms with E-state index in [9.17, 15) is 13.2 Å². The van der Waals surface area contributed by atoms with Crippen LogP contribution in [0, 0.1) is 0 Å². The number of nitrogens with one attached hydrogen (secondary N) is 2. The number of aromatic amines is 1. The molecule has 7 heteroatoms. The van der Waals surface area contributed by atoms with Crippen molar-refractivity contribution in [1.82, 2.24) is 10.2 Å². The molecule has 0 saturated heterocycles. The number of H-pyrrole nitrogens is 1. The molecule has 1 aromatic heterocycles. The zero-order valence-corrected chi connectivity index (χ0v) is 10.4. The lowest BCUT2D eigenvalue weighted by Crippen LogP contribution is -2.13. The summed E-state index contributed by atoms with van der Waals surface area (Å²) in [6, 6.07) is 7.34. The van der Waals surface area contributed by atoms with Crippen molar-refractivity contribution in [3.63, 3.8) is 0 Å². The zero-order valence-electron chi connectivity index (χ0n) is 9.54. The predicted molar refractivity (Wildman–Crippen MR) is 65.8 cm³/mol. The van der Waals surface area contributed by atoms with Crippen molar-refractivity contribution in [3.05, 3.63) is 42.1 Å². The maximum atomic E-state index is 12.0. The Morgan fingerprint density at radius 1 is 1.33 bits per heavy atom. The standard InChI is InChI=1S/C11H11N3O3S/c1-8(15)9-3-2-4-10(7-9)18(16,17)14-11-5-6-12-13-11/h2-7H,1H3,(H2,12,13,14). The summed E-state index contributed by atoms with van der Waals surface area (Å²) in [5.74, 6) is 0.0804. The van der Waals surface area contributed by atoms with E-state index in [1.807, 2.05) is 0 Å². The molecule has 0 atom stereocenters. The molecule has 6 nitrogen and oxygen atoms in total. The smallest absolute Gasteiger partial charge is 0.263 e. The van der Waals surface area contributed by atoms with Crippen molar-refractivity contribution in [2.24, 2.45) is 0 Å². The number of benzene rings is 1. The van der Waals surface area contributed by atoms with Crippen LogP contribution in [0.3, 0.4) is 0 Å². The highest BCUT2D eigenvalue weighted by molar-refractivity contribution is 7.92. The summed E-state index contributed by atoms with van der Waals surface area (Å²) in [4.78, 5) is 11.2. The molecule has 0 fully saturated rings. The minimum atomic E-state index is -3.71. The summed E-state index contributed by atoms with van der Waals surface area (Å²) in [5.41, 5.74) is 0.350. The first-order valence-corrected chi connectivity index (χ1v) is 6.60. The number of hydrogen-bond donors (Lipinski definition) is 2. The van der Waals surface area contributed by atoms with Crippen molar-refractivity contribution in [1.29, 1.82) is 0 Å².